The number of aliphatic carboxylic acids is 1. The summed E-state index contributed by atoms with van der Waals surface area (Å²) < 4.78 is 16.8. The summed E-state index contributed by atoms with van der Waals surface area (Å²) in [5, 5.41) is 19.9. The summed E-state index contributed by atoms with van der Waals surface area (Å²) in [5.41, 5.74) is 1.11. The molecule has 1 saturated heterocycles. The quantitative estimate of drug-likeness (QED) is 0.452. The van der Waals surface area contributed by atoms with Gasteiger partial charge in [0.25, 0.3) is 5.91 Å². The number of phenols is 1. The minimum atomic E-state index is -1.08. The van der Waals surface area contributed by atoms with Crippen LogP contribution < -0.4 is 9.47 Å². The summed E-state index contributed by atoms with van der Waals surface area (Å²) in [6, 6.07) is 12.1. The molecule has 34 heavy (non-hydrogen) atoms. The highest BCUT2D eigenvalue weighted by atomic mass is 16.5. The third-order valence-corrected chi connectivity index (χ3v) is 5.51. The number of amides is 1. The number of likely N-dealkylation sites (tertiary alicyclic amines) is 1. The van der Waals surface area contributed by atoms with Gasteiger partial charge in [0.2, 0.25) is 0 Å². The van der Waals surface area contributed by atoms with Gasteiger partial charge in [0, 0.05) is 37.1 Å². The molecule has 1 aliphatic heterocycles. The van der Waals surface area contributed by atoms with Crippen LogP contribution in [0.1, 0.15) is 49.0 Å². The van der Waals surface area contributed by atoms with E-state index in [9.17, 15) is 19.8 Å². The Bertz CT molecular complexity index is 952. The second-order valence-corrected chi connectivity index (χ2v) is 8.55. The highest BCUT2D eigenvalue weighted by Gasteiger charge is 2.23. The summed E-state index contributed by atoms with van der Waals surface area (Å²) in [6.07, 6.45) is 1.44. The molecule has 0 radical (unpaired) electrons. The molecule has 1 heterocycles. The molecule has 0 saturated carbocycles. The van der Waals surface area contributed by atoms with E-state index in [1.54, 1.807) is 56.3 Å². The first kappa shape index (κ1) is 25.4. The Kier molecular flexibility index (Phi) is 9.16. The molecule has 184 valence electrons. The van der Waals surface area contributed by atoms with E-state index in [2.05, 4.69) is 0 Å². The Morgan fingerprint density at radius 3 is 2.32 bits per heavy atom. The number of hydrogen-bond acceptors (Lipinski definition) is 6. The number of carbonyl (C=O) groups excluding carboxylic acids is 1. The van der Waals surface area contributed by atoms with Gasteiger partial charge in [0.15, 0.2) is 17.6 Å². The van der Waals surface area contributed by atoms with Crippen molar-refractivity contribution in [3.05, 3.63) is 53.6 Å². The van der Waals surface area contributed by atoms with Gasteiger partial charge in [0.05, 0.1) is 19.3 Å². The van der Waals surface area contributed by atoms with Crippen LogP contribution in [0.3, 0.4) is 0 Å². The lowest BCUT2D eigenvalue weighted by Gasteiger charge is -2.18. The number of carboxylic acid groups (broad SMARTS) is 1. The van der Waals surface area contributed by atoms with Crippen LogP contribution >= 0.6 is 0 Å². The van der Waals surface area contributed by atoms with Gasteiger partial charge in [-0.25, -0.2) is 4.79 Å². The van der Waals surface area contributed by atoms with Gasteiger partial charge in [0.1, 0.15) is 5.75 Å². The minimum absolute atomic E-state index is 0.0376. The first-order chi connectivity index (χ1) is 16.3. The van der Waals surface area contributed by atoms with Crippen LogP contribution in [0.25, 0.3) is 0 Å². The molecule has 2 N–H and O–H groups in total. The minimum Gasteiger partial charge on any atom is -0.504 e. The fraction of sp³-hybridized carbons (Fsp3) is 0.462. The van der Waals surface area contributed by atoms with Gasteiger partial charge in [-0.3, -0.25) is 4.79 Å². The number of phenolic OH excluding ortho intramolecular Hbond substituents is 1. The van der Waals surface area contributed by atoms with Gasteiger partial charge in [-0.1, -0.05) is 12.1 Å². The van der Waals surface area contributed by atoms with Crippen molar-refractivity contribution >= 4 is 11.9 Å². The molecule has 8 nitrogen and oxygen atoms in total. The predicted octanol–water partition coefficient (Wildman–Crippen LogP) is 3.90. The highest BCUT2D eigenvalue weighted by Crippen LogP contribution is 2.31. The molecule has 0 bridgehead atoms. The van der Waals surface area contributed by atoms with Crippen molar-refractivity contribution in [3.8, 4) is 17.2 Å². The SMILES string of the molecule is CC(C)OC(Cc1cccc(OCCCOc2ccc(C(=O)N3CCCC3)cc2)c1O)C(=O)O. The van der Waals surface area contributed by atoms with Crippen LogP contribution in [-0.4, -0.2) is 65.5 Å². The number of hydrogen-bond donors (Lipinski definition) is 2. The van der Waals surface area contributed by atoms with Crippen molar-refractivity contribution < 1.29 is 34.0 Å². The number of ether oxygens (including phenoxy) is 3. The molecule has 8 heteroatoms. The van der Waals surface area contributed by atoms with Crippen LogP contribution in [0, 0.1) is 0 Å². The van der Waals surface area contributed by atoms with E-state index in [1.165, 1.54) is 0 Å². The van der Waals surface area contributed by atoms with E-state index >= 15 is 0 Å². The van der Waals surface area contributed by atoms with Crippen LogP contribution in [0.4, 0.5) is 0 Å². The number of rotatable bonds is 12. The standard InChI is InChI=1S/C26H33NO7/c1-18(2)34-23(26(30)31)17-20-7-5-8-22(24(20)28)33-16-6-15-32-21-11-9-19(10-12-21)25(29)27-13-3-4-14-27/h5,7-12,18,23,28H,3-4,6,13-17H2,1-2H3,(H,30,31). The lowest BCUT2D eigenvalue weighted by molar-refractivity contribution is -0.153. The van der Waals surface area contributed by atoms with Crippen molar-refractivity contribution in [2.75, 3.05) is 26.3 Å². The highest BCUT2D eigenvalue weighted by molar-refractivity contribution is 5.94. The monoisotopic (exact) mass is 471 g/mol. The van der Waals surface area contributed by atoms with Crippen LogP contribution in [0.15, 0.2) is 42.5 Å². The Balaban J connectivity index is 1.44. The first-order valence-corrected chi connectivity index (χ1v) is 11.7. The van der Waals surface area contributed by atoms with Crippen molar-refractivity contribution in [2.45, 2.75) is 51.7 Å². The predicted molar refractivity (Wildman–Crippen MR) is 127 cm³/mol. The van der Waals surface area contributed by atoms with Gasteiger partial charge in [-0.2, -0.15) is 0 Å². The van der Waals surface area contributed by atoms with E-state index < -0.39 is 12.1 Å². The molecule has 1 fully saturated rings. The maximum Gasteiger partial charge on any atom is 0.333 e. The Labute approximate surface area is 200 Å². The topological polar surface area (TPSA) is 106 Å². The average molecular weight is 472 g/mol. The molecule has 2 aromatic rings. The van der Waals surface area contributed by atoms with Gasteiger partial charge < -0.3 is 29.3 Å². The molecule has 0 aliphatic carbocycles. The van der Waals surface area contributed by atoms with Crippen LogP contribution in [0.2, 0.25) is 0 Å². The molecule has 0 spiro atoms. The molecule has 1 aliphatic rings. The molecule has 1 unspecified atom stereocenters. The lowest BCUT2D eigenvalue weighted by atomic mass is 10.1. The molecule has 1 atom stereocenters. The van der Waals surface area contributed by atoms with Crippen molar-refractivity contribution in [2.24, 2.45) is 0 Å². The molecule has 3 rings (SSSR count). The smallest absolute Gasteiger partial charge is 0.333 e. The number of aromatic hydroxyl groups is 1. The second-order valence-electron chi connectivity index (χ2n) is 8.55. The summed E-state index contributed by atoms with van der Waals surface area (Å²) in [7, 11) is 0. The summed E-state index contributed by atoms with van der Waals surface area (Å²) in [5.74, 6) is -0.140. The average Bonchev–Trinajstić information content (AvgIpc) is 3.35. The largest absolute Gasteiger partial charge is 0.504 e. The van der Waals surface area contributed by atoms with Crippen molar-refractivity contribution in [1.29, 1.82) is 0 Å². The summed E-state index contributed by atoms with van der Waals surface area (Å²) in [6.45, 7) is 5.89. The fourth-order valence-corrected chi connectivity index (χ4v) is 3.80. The van der Waals surface area contributed by atoms with Gasteiger partial charge >= 0.3 is 5.97 Å². The van der Waals surface area contributed by atoms with E-state index in [1.807, 2.05) is 4.90 Å². The second kappa shape index (κ2) is 12.3. The van der Waals surface area contributed by atoms with E-state index in [4.69, 9.17) is 14.2 Å². The lowest BCUT2D eigenvalue weighted by Crippen LogP contribution is -2.29. The number of carbonyl (C=O) groups is 2. The van der Waals surface area contributed by atoms with Crippen LogP contribution in [0.5, 0.6) is 17.2 Å². The zero-order valence-electron chi connectivity index (χ0n) is 19.7. The van der Waals surface area contributed by atoms with Gasteiger partial charge in [-0.05, 0) is 57.0 Å². The fourth-order valence-electron chi connectivity index (χ4n) is 3.80. The zero-order valence-corrected chi connectivity index (χ0v) is 19.7. The molecular formula is C26H33NO7. The number of carboxylic acids is 1. The van der Waals surface area contributed by atoms with E-state index in [0.717, 1.165) is 25.9 Å². The Hall–Kier alpha value is -3.26. The Morgan fingerprint density at radius 1 is 1.00 bits per heavy atom. The molecule has 0 aromatic heterocycles. The molecular weight excluding hydrogens is 438 g/mol. The third kappa shape index (κ3) is 7.12. The first-order valence-electron chi connectivity index (χ1n) is 11.7. The third-order valence-electron chi connectivity index (χ3n) is 5.51. The number of benzene rings is 2. The number of para-hydroxylation sites is 1. The Morgan fingerprint density at radius 2 is 1.68 bits per heavy atom. The normalized spacial score (nSPS) is 14.3. The maximum atomic E-state index is 12.4. The van der Waals surface area contributed by atoms with E-state index in [0.29, 0.717) is 36.5 Å². The number of nitrogens with zero attached hydrogens (tertiary/aromatic N) is 1. The van der Waals surface area contributed by atoms with E-state index in [-0.39, 0.29) is 29.9 Å². The zero-order chi connectivity index (χ0) is 24.5. The summed E-state index contributed by atoms with van der Waals surface area (Å²) >= 11 is 0. The van der Waals surface area contributed by atoms with Gasteiger partial charge in [-0.15, -0.1) is 0 Å². The van der Waals surface area contributed by atoms with Crippen molar-refractivity contribution in [1.82, 2.24) is 4.90 Å². The summed E-state index contributed by atoms with van der Waals surface area (Å²) in [4.78, 5) is 25.7. The maximum absolute atomic E-state index is 12.4. The van der Waals surface area contributed by atoms with Crippen LogP contribution in [-0.2, 0) is 16.0 Å². The molecule has 1 amide bonds. The molecule has 2 aromatic carbocycles. The van der Waals surface area contributed by atoms with Crippen molar-refractivity contribution in [3.63, 3.8) is 0 Å².